The van der Waals surface area contributed by atoms with E-state index < -0.39 is 16.8 Å². The highest BCUT2D eigenvalue weighted by Gasteiger charge is 2.54. The number of hydrogen-bond acceptors (Lipinski definition) is 6. The van der Waals surface area contributed by atoms with Crippen molar-refractivity contribution in [1.82, 2.24) is 20.4 Å². The molecular weight excluding hydrogens is 683 g/mol. The molecular formula is C44H50F2N6O2. The monoisotopic (exact) mass is 732 g/mol. The second-order valence-electron chi connectivity index (χ2n) is 17.8. The fourth-order valence-electron chi connectivity index (χ4n) is 10.3. The van der Waals surface area contributed by atoms with Crippen LogP contribution in [0.1, 0.15) is 126 Å². The molecule has 0 amide bonds. The lowest BCUT2D eigenvalue weighted by molar-refractivity contribution is -0.119. The molecule has 0 spiro atoms. The number of Topliss-reactive ketones (excluding diaryl/α,β-unsaturated/α-hetero) is 2. The summed E-state index contributed by atoms with van der Waals surface area (Å²) >= 11 is 0. The van der Waals surface area contributed by atoms with Crippen molar-refractivity contribution in [2.24, 2.45) is 10.8 Å². The van der Waals surface area contributed by atoms with E-state index in [1.165, 1.54) is 5.56 Å². The number of H-pyrrole nitrogens is 2. The van der Waals surface area contributed by atoms with E-state index >= 15 is 0 Å². The molecule has 0 saturated heterocycles. The summed E-state index contributed by atoms with van der Waals surface area (Å²) in [5.74, 6) is -0.993. The van der Waals surface area contributed by atoms with Crippen molar-refractivity contribution in [2.75, 3.05) is 10.6 Å². The number of alkyl halides is 2. The van der Waals surface area contributed by atoms with E-state index in [0.29, 0.717) is 18.7 Å². The number of ketones is 2. The molecule has 4 heterocycles. The number of carbonyl (C=O) groups is 2. The Kier molecular flexibility index (Phi) is 8.25. The van der Waals surface area contributed by atoms with Gasteiger partial charge in [-0.3, -0.25) is 19.8 Å². The molecule has 3 aliphatic carbocycles. The number of carbonyl (C=O) groups excluding carboxylic acids is 2. The van der Waals surface area contributed by atoms with E-state index in [-0.39, 0.29) is 41.2 Å². The zero-order chi connectivity index (χ0) is 38.4. The molecule has 8 nitrogen and oxygen atoms in total. The number of fused-ring (bicyclic) bond motifs is 2. The number of nitrogens with one attached hydrogen (secondary N) is 4. The normalized spacial score (nSPS) is 26.2. The number of hydrogen-bond donors (Lipinski definition) is 4. The quantitative estimate of drug-likeness (QED) is 0.166. The van der Waals surface area contributed by atoms with Gasteiger partial charge in [-0.2, -0.15) is 10.2 Å². The van der Waals surface area contributed by atoms with Crippen LogP contribution in [0.3, 0.4) is 0 Å². The molecule has 4 aromatic rings. The van der Waals surface area contributed by atoms with Gasteiger partial charge in [0.15, 0.2) is 23.2 Å². The molecule has 54 heavy (non-hydrogen) atoms. The molecule has 10 heteroatoms. The van der Waals surface area contributed by atoms with Crippen LogP contribution in [0.5, 0.6) is 0 Å². The Balaban J connectivity index is 0.000000155. The Hall–Kier alpha value is -4.86. The van der Waals surface area contributed by atoms with E-state index in [1.807, 2.05) is 50.2 Å². The Bertz CT molecular complexity index is 2220. The summed E-state index contributed by atoms with van der Waals surface area (Å²) in [7, 11) is 0. The van der Waals surface area contributed by atoms with Gasteiger partial charge < -0.3 is 10.6 Å². The summed E-state index contributed by atoms with van der Waals surface area (Å²) in [6, 6.07) is 20.3. The number of benzene rings is 2. The lowest BCUT2D eigenvalue weighted by Gasteiger charge is -2.45. The van der Waals surface area contributed by atoms with Crippen LogP contribution in [0.25, 0.3) is 0 Å². The third-order valence-electron chi connectivity index (χ3n) is 12.5. The Labute approximate surface area is 315 Å². The fourth-order valence-corrected chi connectivity index (χ4v) is 10.3. The number of aromatic amines is 2. The van der Waals surface area contributed by atoms with Gasteiger partial charge in [0.05, 0.1) is 10.8 Å². The van der Waals surface area contributed by atoms with E-state index in [0.717, 1.165) is 75.7 Å². The maximum Gasteiger partial charge on any atom is 0.249 e. The summed E-state index contributed by atoms with van der Waals surface area (Å²) in [4.78, 5) is 26.7. The van der Waals surface area contributed by atoms with Gasteiger partial charge in [-0.1, -0.05) is 95.3 Å². The molecule has 9 rings (SSSR count). The van der Waals surface area contributed by atoms with Crippen LogP contribution in [0.15, 0.2) is 83.2 Å². The predicted molar refractivity (Wildman–Crippen MR) is 207 cm³/mol. The molecule has 5 aliphatic rings. The van der Waals surface area contributed by atoms with Crippen molar-refractivity contribution in [3.63, 3.8) is 0 Å². The van der Waals surface area contributed by atoms with Crippen LogP contribution in [0.2, 0.25) is 0 Å². The van der Waals surface area contributed by atoms with Crippen molar-refractivity contribution in [2.45, 2.75) is 116 Å². The first-order valence-electron chi connectivity index (χ1n) is 19.2. The summed E-state index contributed by atoms with van der Waals surface area (Å²) in [5, 5.41) is 22.0. The van der Waals surface area contributed by atoms with E-state index in [4.69, 9.17) is 0 Å². The van der Waals surface area contributed by atoms with E-state index in [1.54, 1.807) is 0 Å². The minimum atomic E-state index is -2.62. The lowest BCUT2D eigenvalue weighted by Crippen LogP contribution is -2.43. The minimum absolute atomic E-state index is 0.0259. The van der Waals surface area contributed by atoms with Gasteiger partial charge in [0.25, 0.3) is 0 Å². The van der Waals surface area contributed by atoms with Crippen LogP contribution in [0.4, 0.5) is 20.4 Å². The SMILES string of the molecule is CC1(C)CC(=O)C2=C(C1)Nc1n[nH]c(C3CC(F)(F)C3)c1[C@@]2(C)c1ccccc1.CC[C@@]1(c2ccccc2)C2=C(CC(C)(C)CC2=O)Nc2n[nH]c(C)c21. The van der Waals surface area contributed by atoms with Crippen LogP contribution >= 0.6 is 0 Å². The molecule has 1 saturated carbocycles. The zero-order valence-corrected chi connectivity index (χ0v) is 32.3. The number of rotatable bonds is 4. The standard InChI is InChI=1S/C23H25F2N3O.C21H25N3O/c1-21(2)11-15-17(16(29)12-21)22(3,14-7-5-4-6-8-14)18-19(27-28-20(18)26-15)13-9-23(24,25)10-13;1-5-21(14-9-7-6-8-10-14)17-13(2)23-24-19(17)22-15-11-20(3,4)12-16(25)18(15)21/h4-8,13H,9-12H2,1-3H3,(H2,26,27,28);6-10H,5,11-12H2,1-4H3,(H2,22,23,24)/t22-;21-/m00/s1. The third kappa shape index (κ3) is 5.58. The van der Waals surface area contributed by atoms with Crippen molar-refractivity contribution >= 4 is 23.2 Å². The molecule has 2 aliphatic heterocycles. The molecule has 4 N–H and O–H groups in total. The van der Waals surface area contributed by atoms with E-state index in [9.17, 15) is 18.4 Å². The van der Waals surface area contributed by atoms with Gasteiger partial charge in [0.2, 0.25) is 5.92 Å². The summed E-state index contributed by atoms with van der Waals surface area (Å²) in [6.07, 6.45) is 3.15. The molecule has 0 bridgehead atoms. The largest absolute Gasteiger partial charge is 0.342 e. The average molecular weight is 733 g/mol. The van der Waals surface area contributed by atoms with Gasteiger partial charge in [-0.15, -0.1) is 0 Å². The van der Waals surface area contributed by atoms with Gasteiger partial charge in [0, 0.05) is 76.7 Å². The maximum absolute atomic E-state index is 13.6. The number of anilines is 2. The van der Waals surface area contributed by atoms with Crippen LogP contribution < -0.4 is 10.6 Å². The molecule has 2 atom stereocenters. The Morgan fingerprint density at radius 3 is 1.74 bits per heavy atom. The Morgan fingerprint density at radius 1 is 0.685 bits per heavy atom. The molecule has 1 fully saturated rings. The average Bonchev–Trinajstić information content (AvgIpc) is 3.69. The van der Waals surface area contributed by atoms with E-state index in [2.05, 4.69) is 89.9 Å². The highest BCUT2D eigenvalue weighted by atomic mass is 19.3. The smallest absolute Gasteiger partial charge is 0.249 e. The van der Waals surface area contributed by atoms with Crippen molar-refractivity contribution < 1.29 is 18.4 Å². The Morgan fingerprint density at radius 2 is 1.19 bits per heavy atom. The number of nitrogens with zero attached hydrogens (tertiary/aromatic N) is 2. The summed E-state index contributed by atoms with van der Waals surface area (Å²) in [5.41, 5.74) is 8.21. The number of aromatic nitrogens is 4. The molecule has 0 radical (unpaired) electrons. The highest BCUT2D eigenvalue weighted by molar-refractivity contribution is 6.04. The fraction of sp³-hybridized carbons (Fsp3) is 0.455. The topological polar surface area (TPSA) is 116 Å². The van der Waals surface area contributed by atoms with Crippen molar-refractivity contribution in [3.8, 4) is 0 Å². The highest BCUT2D eigenvalue weighted by Crippen LogP contribution is 2.58. The molecule has 0 unspecified atom stereocenters. The number of aryl methyl sites for hydroxylation is 1. The number of halogens is 2. The second kappa shape index (κ2) is 12.3. The molecule has 282 valence electrons. The maximum atomic E-state index is 13.6. The van der Waals surface area contributed by atoms with Gasteiger partial charge in [0.1, 0.15) is 0 Å². The predicted octanol–water partition coefficient (Wildman–Crippen LogP) is 9.78. The molecule has 2 aromatic heterocycles. The van der Waals surface area contributed by atoms with Gasteiger partial charge in [-0.05, 0) is 55.1 Å². The minimum Gasteiger partial charge on any atom is -0.342 e. The van der Waals surface area contributed by atoms with Crippen LogP contribution in [-0.4, -0.2) is 37.9 Å². The summed E-state index contributed by atoms with van der Waals surface area (Å²) < 4.78 is 27.3. The first kappa shape index (κ1) is 36.1. The second-order valence-corrected chi connectivity index (χ2v) is 17.8. The van der Waals surface area contributed by atoms with Crippen LogP contribution in [-0.2, 0) is 20.4 Å². The third-order valence-corrected chi connectivity index (χ3v) is 12.5. The van der Waals surface area contributed by atoms with Crippen molar-refractivity contribution in [1.29, 1.82) is 0 Å². The summed E-state index contributed by atoms with van der Waals surface area (Å²) in [6.45, 7) is 14.8. The van der Waals surface area contributed by atoms with Gasteiger partial charge >= 0.3 is 0 Å². The first-order valence-corrected chi connectivity index (χ1v) is 19.2. The van der Waals surface area contributed by atoms with Gasteiger partial charge in [-0.25, -0.2) is 8.78 Å². The zero-order valence-electron chi connectivity index (χ0n) is 32.3. The molecule has 2 aromatic carbocycles. The number of allylic oxidation sites excluding steroid dienone is 4. The van der Waals surface area contributed by atoms with Crippen molar-refractivity contribution in [3.05, 3.63) is 117 Å². The van der Waals surface area contributed by atoms with Crippen LogP contribution in [0, 0.1) is 17.8 Å². The lowest BCUT2D eigenvalue weighted by atomic mass is 9.59. The first-order chi connectivity index (χ1) is 25.5.